The third kappa shape index (κ3) is 3.03. The number of carbonyl (C=O) groups is 1. The van der Waals surface area contributed by atoms with Crippen molar-refractivity contribution in [2.24, 2.45) is 0 Å². The lowest BCUT2D eigenvalue weighted by Gasteiger charge is -2.07. The van der Waals surface area contributed by atoms with Crippen LogP contribution in [0.25, 0.3) is 22.2 Å². The molecule has 3 nitrogen and oxygen atoms in total. The number of carboxylic acid groups (broad SMARTS) is 1. The molecule has 0 fully saturated rings. The Morgan fingerprint density at radius 2 is 1.79 bits per heavy atom. The molecule has 24 heavy (non-hydrogen) atoms. The second kappa shape index (κ2) is 5.98. The number of benzene rings is 2. The van der Waals surface area contributed by atoms with Crippen molar-refractivity contribution in [3.05, 3.63) is 58.1 Å². The Hall–Kier alpha value is -2.28. The summed E-state index contributed by atoms with van der Waals surface area (Å²) in [6.45, 7) is 0. The van der Waals surface area contributed by atoms with Crippen LogP contribution in [-0.4, -0.2) is 16.1 Å². The summed E-state index contributed by atoms with van der Waals surface area (Å²) in [7, 11) is 0. The van der Waals surface area contributed by atoms with Gasteiger partial charge in [0.2, 0.25) is 0 Å². The second-order valence-corrected chi connectivity index (χ2v) is 6.20. The fraction of sp³-hybridized carbons (Fsp3) is 0.118. The minimum atomic E-state index is -4.53. The molecule has 3 aromatic rings. The normalized spacial score (nSPS) is 11.8. The van der Waals surface area contributed by atoms with E-state index in [1.54, 1.807) is 24.3 Å². The van der Waals surface area contributed by atoms with Gasteiger partial charge in [-0.25, -0.2) is 0 Å². The molecule has 0 aliphatic heterocycles. The molecule has 124 valence electrons. The van der Waals surface area contributed by atoms with E-state index in [1.807, 2.05) is 0 Å². The highest BCUT2D eigenvalue weighted by Crippen LogP contribution is 2.39. The van der Waals surface area contributed by atoms with Crippen molar-refractivity contribution in [3.8, 4) is 11.3 Å². The SMILES string of the molecule is O=C(O)Cc1c(-c2ccc(Br)cc2)[nH]c2c(C(F)(F)F)cccc12. The molecule has 0 radical (unpaired) electrons. The number of nitrogens with one attached hydrogen (secondary N) is 1. The van der Waals surface area contributed by atoms with Gasteiger partial charge in [0.25, 0.3) is 0 Å². The van der Waals surface area contributed by atoms with Gasteiger partial charge in [0.15, 0.2) is 0 Å². The topological polar surface area (TPSA) is 53.1 Å². The number of carboxylic acids is 1. The molecule has 0 aliphatic rings. The fourth-order valence-electron chi connectivity index (χ4n) is 2.71. The molecule has 0 amide bonds. The lowest BCUT2D eigenvalue weighted by atomic mass is 10.0. The lowest BCUT2D eigenvalue weighted by molar-refractivity contribution is -0.137. The summed E-state index contributed by atoms with van der Waals surface area (Å²) in [4.78, 5) is 14.0. The molecule has 0 atom stereocenters. The van der Waals surface area contributed by atoms with Crippen LogP contribution in [0.3, 0.4) is 0 Å². The van der Waals surface area contributed by atoms with Crippen LogP contribution in [0, 0.1) is 0 Å². The summed E-state index contributed by atoms with van der Waals surface area (Å²) >= 11 is 3.30. The van der Waals surface area contributed by atoms with Gasteiger partial charge >= 0.3 is 12.1 Å². The zero-order valence-corrected chi connectivity index (χ0v) is 13.7. The Bertz CT molecular complexity index is 914. The van der Waals surface area contributed by atoms with E-state index >= 15 is 0 Å². The maximum atomic E-state index is 13.2. The summed E-state index contributed by atoms with van der Waals surface area (Å²) < 4.78 is 40.5. The van der Waals surface area contributed by atoms with E-state index in [0.717, 1.165) is 10.5 Å². The molecule has 2 aromatic carbocycles. The van der Waals surface area contributed by atoms with Crippen molar-refractivity contribution in [2.75, 3.05) is 0 Å². The van der Waals surface area contributed by atoms with Gasteiger partial charge in [-0.2, -0.15) is 13.2 Å². The van der Waals surface area contributed by atoms with E-state index in [9.17, 15) is 18.0 Å². The Morgan fingerprint density at radius 1 is 1.12 bits per heavy atom. The van der Waals surface area contributed by atoms with Gasteiger partial charge < -0.3 is 10.1 Å². The zero-order chi connectivity index (χ0) is 17.5. The van der Waals surface area contributed by atoms with Crippen LogP contribution in [0.15, 0.2) is 46.9 Å². The molecule has 3 rings (SSSR count). The van der Waals surface area contributed by atoms with Crippen molar-refractivity contribution in [1.82, 2.24) is 4.98 Å². The van der Waals surface area contributed by atoms with E-state index in [2.05, 4.69) is 20.9 Å². The highest BCUT2D eigenvalue weighted by Gasteiger charge is 2.34. The molecular weight excluding hydrogens is 387 g/mol. The van der Waals surface area contributed by atoms with Crippen LogP contribution in [0.1, 0.15) is 11.1 Å². The van der Waals surface area contributed by atoms with Crippen LogP contribution in [0.2, 0.25) is 0 Å². The second-order valence-electron chi connectivity index (χ2n) is 5.28. The molecular formula is C17H11BrF3NO2. The summed E-state index contributed by atoms with van der Waals surface area (Å²) in [5.74, 6) is -1.10. The zero-order valence-electron chi connectivity index (χ0n) is 12.1. The smallest absolute Gasteiger partial charge is 0.418 e. The Morgan fingerprint density at radius 3 is 2.38 bits per heavy atom. The Kier molecular flexibility index (Phi) is 4.13. The molecule has 0 aliphatic carbocycles. The van der Waals surface area contributed by atoms with Gasteiger partial charge in [-0.15, -0.1) is 0 Å². The van der Waals surface area contributed by atoms with E-state index in [-0.39, 0.29) is 17.3 Å². The number of hydrogen-bond donors (Lipinski definition) is 2. The number of aromatic amines is 1. The quantitative estimate of drug-likeness (QED) is 0.634. The van der Waals surface area contributed by atoms with Gasteiger partial charge in [-0.1, -0.05) is 40.2 Å². The third-order valence-corrected chi connectivity index (χ3v) is 4.24. The molecule has 0 unspecified atom stereocenters. The third-order valence-electron chi connectivity index (χ3n) is 3.71. The van der Waals surface area contributed by atoms with Gasteiger partial charge in [0.1, 0.15) is 0 Å². The average molecular weight is 398 g/mol. The summed E-state index contributed by atoms with van der Waals surface area (Å²) in [5, 5.41) is 9.41. The van der Waals surface area contributed by atoms with E-state index in [4.69, 9.17) is 5.11 Å². The van der Waals surface area contributed by atoms with Crippen LogP contribution < -0.4 is 0 Å². The average Bonchev–Trinajstić information content (AvgIpc) is 2.85. The predicted octanol–water partition coefficient (Wildman–Crippen LogP) is 5.24. The molecule has 0 saturated heterocycles. The molecule has 1 heterocycles. The molecule has 0 saturated carbocycles. The Balaban J connectivity index is 2.31. The first kappa shape index (κ1) is 16.6. The minimum absolute atomic E-state index is 0.0980. The molecule has 0 spiro atoms. The first-order valence-corrected chi connectivity index (χ1v) is 7.75. The van der Waals surface area contributed by atoms with Crippen LogP contribution in [0.4, 0.5) is 13.2 Å². The maximum absolute atomic E-state index is 13.2. The van der Waals surface area contributed by atoms with Crippen LogP contribution in [-0.2, 0) is 17.4 Å². The molecule has 2 N–H and O–H groups in total. The summed E-state index contributed by atoms with van der Waals surface area (Å²) in [6, 6.07) is 10.7. The van der Waals surface area contributed by atoms with Gasteiger partial charge in [-0.3, -0.25) is 4.79 Å². The van der Waals surface area contributed by atoms with Gasteiger partial charge in [-0.05, 0) is 29.3 Å². The van der Waals surface area contributed by atoms with Crippen LogP contribution in [0.5, 0.6) is 0 Å². The van der Waals surface area contributed by atoms with Gasteiger partial charge in [0.05, 0.1) is 23.2 Å². The number of fused-ring (bicyclic) bond motifs is 1. The Labute approximate surface area is 143 Å². The summed E-state index contributed by atoms with van der Waals surface area (Å²) in [5.41, 5.74) is 0.440. The van der Waals surface area contributed by atoms with Crippen molar-refractivity contribution in [3.63, 3.8) is 0 Å². The monoisotopic (exact) mass is 397 g/mol. The number of aromatic nitrogens is 1. The molecule has 1 aromatic heterocycles. The number of para-hydroxylation sites is 1. The predicted molar refractivity (Wildman–Crippen MR) is 87.8 cm³/mol. The van der Waals surface area contributed by atoms with Crippen molar-refractivity contribution in [2.45, 2.75) is 12.6 Å². The van der Waals surface area contributed by atoms with Crippen molar-refractivity contribution < 1.29 is 23.1 Å². The van der Waals surface area contributed by atoms with Crippen molar-refractivity contribution >= 4 is 32.8 Å². The van der Waals surface area contributed by atoms with E-state index in [1.165, 1.54) is 12.1 Å². The molecule has 0 bridgehead atoms. The highest BCUT2D eigenvalue weighted by atomic mass is 79.9. The maximum Gasteiger partial charge on any atom is 0.418 e. The van der Waals surface area contributed by atoms with Crippen molar-refractivity contribution in [1.29, 1.82) is 0 Å². The van der Waals surface area contributed by atoms with E-state index < -0.39 is 17.7 Å². The number of aliphatic carboxylic acids is 1. The summed E-state index contributed by atoms with van der Waals surface area (Å²) in [6.07, 6.45) is -4.89. The van der Waals surface area contributed by atoms with Crippen LogP contribution >= 0.6 is 15.9 Å². The van der Waals surface area contributed by atoms with E-state index in [0.29, 0.717) is 16.8 Å². The standard InChI is InChI=1S/C17H11BrF3NO2/c18-10-6-4-9(5-7-10)15-12(8-14(23)24)11-2-1-3-13(16(11)22-15)17(19,20)21/h1-7,22H,8H2,(H,23,24). The number of rotatable bonds is 3. The largest absolute Gasteiger partial charge is 0.481 e. The number of alkyl halides is 3. The first-order valence-electron chi connectivity index (χ1n) is 6.96. The lowest BCUT2D eigenvalue weighted by Crippen LogP contribution is -2.05. The minimum Gasteiger partial charge on any atom is -0.481 e. The fourth-order valence-corrected chi connectivity index (χ4v) is 2.97. The number of halogens is 4. The highest BCUT2D eigenvalue weighted by molar-refractivity contribution is 9.10. The molecule has 7 heteroatoms. The van der Waals surface area contributed by atoms with Gasteiger partial charge in [0, 0.05) is 9.86 Å². The number of hydrogen-bond acceptors (Lipinski definition) is 1. The first-order chi connectivity index (χ1) is 11.3. The number of H-pyrrole nitrogens is 1.